The lowest BCUT2D eigenvalue weighted by molar-refractivity contribution is 0.679. The van der Waals surface area contributed by atoms with Gasteiger partial charge >= 0.3 is 0 Å². The number of rotatable bonds is 1. The minimum Gasteiger partial charge on any atom is -0.321 e. The lowest BCUT2D eigenvalue weighted by Gasteiger charge is -2.23. The summed E-state index contributed by atoms with van der Waals surface area (Å²) in [5.41, 5.74) is 16.7. The highest BCUT2D eigenvalue weighted by Gasteiger charge is 2.26. The molecule has 27 heavy (non-hydrogen) atoms. The second-order valence-corrected chi connectivity index (χ2v) is 7.71. The maximum absolute atomic E-state index is 5.18. The minimum atomic E-state index is 0.296. The van der Waals surface area contributed by atoms with Crippen LogP contribution in [0, 0.1) is 0 Å². The number of hydrazine groups is 1. The maximum Gasteiger partial charge on any atom is 0.0744 e. The van der Waals surface area contributed by atoms with Crippen molar-refractivity contribution in [3.63, 3.8) is 0 Å². The Balaban J connectivity index is 1.68. The van der Waals surface area contributed by atoms with Crippen LogP contribution in [0.4, 0.5) is 5.69 Å². The molecule has 1 unspecified atom stereocenters. The molecular formula is C22H21N5. The summed E-state index contributed by atoms with van der Waals surface area (Å²) in [4.78, 5) is 5.18. The molecule has 2 aromatic carbocycles. The molecule has 5 nitrogen and oxygen atoms in total. The van der Waals surface area contributed by atoms with E-state index in [1.54, 1.807) is 0 Å². The molecule has 0 bridgehead atoms. The second-order valence-electron chi connectivity index (χ2n) is 7.71. The van der Waals surface area contributed by atoms with E-state index in [1.807, 2.05) is 6.20 Å². The molecule has 0 fully saturated rings. The van der Waals surface area contributed by atoms with Gasteiger partial charge in [0.1, 0.15) is 0 Å². The number of aromatic nitrogens is 3. The Hall–Kier alpha value is -2.92. The zero-order valence-electron chi connectivity index (χ0n) is 15.3. The predicted octanol–water partition coefficient (Wildman–Crippen LogP) is 4.65. The third kappa shape index (κ3) is 2.15. The number of aromatic amines is 1. The fraction of sp³-hybridized carbons (Fsp3) is 0.273. The van der Waals surface area contributed by atoms with E-state index in [0.29, 0.717) is 6.04 Å². The first kappa shape index (κ1) is 15.2. The fourth-order valence-electron chi connectivity index (χ4n) is 4.79. The van der Waals surface area contributed by atoms with Gasteiger partial charge in [0.2, 0.25) is 0 Å². The molecule has 0 saturated heterocycles. The van der Waals surface area contributed by atoms with Gasteiger partial charge in [0.05, 0.1) is 34.7 Å². The summed E-state index contributed by atoms with van der Waals surface area (Å²) < 4.78 is 0. The molecule has 0 spiro atoms. The monoisotopic (exact) mass is 355 g/mol. The molecule has 1 atom stereocenters. The lowest BCUT2D eigenvalue weighted by Crippen LogP contribution is -2.16. The van der Waals surface area contributed by atoms with E-state index in [0.717, 1.165) is 35.0 Å². The number of benzene rings is 2. The van der Waals surface area contributed by atoms with Crippen molar-refractivity contribution in [2.75, 3.05) is 5.43 Å². The normalized spacial score (nSPS) is 18.5. The summed E-state index contributed by atoms with van der Waals surface area (Å²) in [5.74, 6) is 0. The maximum atomic E-state index is 5.18. The lowest BCUT2D eigenvalue weighted by atomic mass is 9.84. The summed E-state index contributed by atoms with van der Waals surface area (Å²) in [7, 11) is 0. The van der Waals surface area contributed by atoms with E-state index in [-0.39, 0.29) is 0 Å². The highest BCUT2D eigenvalue weighted by atomic mass is 15.4. The molecule has 0 amide bonds. The van der Waals surface area contributed by atoms with Crippen LogP contribution in [0.25, 0.3) is 33.1 Å². The number of nitrogens with zero attached hydrogens (tertiary/aromatic N) is 2. The average molecular weight is 355 g/mol. The molecule has 134 valence electrons. The van der Waals surface area contributed by atoms with Crippen LogP contribution in [0.5, 0.6) is 0 Å². The SMILES string of the molecule is CC1NNc2ccc3nc(-c4ccc5[nH]ncc5c4)c4c(c3c21)CCCC4. The number of anilines is 1. The topological polar surface area (TPSA) is 65.6 Å². The molecular weight excluding hydrogens is 334 g/mol. The van der Waals surface area contributed by atoms with Gasteiger partial charge in [0, 0.05) is 21.9 Å². The Kier molecular flexibility index (Phi) is 3.11. The first-order valence-corrected chi connectivity index (χ1v) is 9.73. The summed E-state index contributed by atoms with van der Waals surface area (Å²) >= 11 is 0. The zero-order chi connectivity index (χ0) is 18.0. The predicted molar refractivity (Wildman–Crippen MR) is 109 cm³/mol. The quantitative estimate of drug-likeness (QED) is 0.465. The van der Waals surface area contributed by atoms with Crippen molar-refractivity contribution in [3.05, 3.63) is 53.2 Å². The van der Waals surface area contributed by atoms with E-state index in [1.165, 1.54) is 46.2 Å². The van der Waals surface area contributed by atoms with E-state index in [2.05, 4.69) is 58.3 Å². The van der Waals surface area contributed by atoms with E-state index in [9.17, 15) is 0 Å². The third-order valence-corrected chi connectivity index (χ3v) is 6.08. The van der Waals surface area contributed by atoms with Crippen molar-refractivity contribution in [3.8, 4) is 11.3 Å². The molecule has 1 aliphatic carbocycles. The highest BCUT2D eigenvalue weighted by Crippen LogP contribution is 2.42. The highest BCUT2D eigenvalue weighted by molar-refractivity contribution is 5.95. The van der Waals surface area contributed by atoms with Gasteiger partial charge in [-0.1, -0.05) is 6.07 Å². The van der Waals surface area contributed by atoms with Crippen LogP contribution >= 0.6 is 0 Å². The summed E-state index contributed by atoms with van der Waals surface area (Å²) in [6.07, 6.45) is 6.63. The first-order valence-electron chi connectivity index (χ1n) is 9.73. The van der Waals surface area contributed by atoms with Gasteiger partial charge in [-0.25, -0.2) is 10.4 Å². The van der Waals surface area contributed by atoms with Gasteiger partial charge in [-0.05, 0) is 68.0 Å². The van der Waals surface area contributed by atoms with Crippen LogP contribution < -0.4 is 10.9 Å². The molecule has 6 rings (SSSR count). The largest absolute Gasteiger partial charge is 0.321 e. The summed E-state index contributed by atoms with van der Waals surface area (Å²) in [5, 5.41) is 9.70. The minimum absolute atomic E-state index is 0.296. The van der Waals surface area contributed by atoms with Crippen molar-refractivity contribution in [1.29, 1.82) is 0 Å². The Morgan fingerprint density at radius 1 is 1.04 bits per heavy atom. The van der Waals surface area contributed by atoms with Crippen LogP contribution in [0.15, 0.2) is 36.5 Å². The molecule has 0 radical (unpaired) electrons. The third-order valence-electron chi connectivity index (χ3n) is 6.08. The molecule has 1 aliphatic heterocycles. The number of nitrogens with one attached hydrogen (secondary N) is 3. The molecule has 2 aliphatic rings. The van der Waals surface area contributed by atoms with Gasteiger partial charge in [-0.3, -0.25) is 5.10 Å². The number of H-pyrrole nitrogens is 1. The number of hydrogen-bond donors (Lipinski definition) is 3. The van der Waals surface area contributed by atoms with Gasteiger partial charge in [0.15, 0.2) is 0 Å². The van der Waals surface area contributed by atoms with Gasteiger partial charge in [0.25, 0.3) is 0 Å². The van der Waals surface area contributed by atoms with Gasteiger partial charge in [-0.15, -0.1) is 0 Å². The first-order chi connectivity index (χ1) is 13.3. The molecule has 2 aromatic heterocycles. The summed E-state index contributed by atoms with van der Waals surface area (Å²) in [6, 6.07) is 11.1. The zero-order valence-corrected chi connectivity index (χ0v) is 15.3. The number of pyridine rings is 1. The van der Waals surface area contributed by atoms with E-state index >= 15 is 0 Å². The van der Waals surface area contributed by atoms with Crippen molar-refractivity contribution < 1.29 is 0 Å². The molecule has 4 aromatic rings. The van der Waals surface area contributed by atoms with Crippen LogP contribution in [0.3, 0.4) is 0 Å². The molecule has 5 heteroatoms. The van der Waals surface area contributed by atoms with Crippen LogP contribution in [-0.4, -0.2) is 15.2 Å². The average Bonchev–Trinajstić information content (AvgIpc) is 3.33. The molecule has 3 heterocycles. The van der Waals surface area contributed by atoms with E-state index < -0.39 is 0 Å². The smallest absolute Gasteiger partial charge is 0.0744 e. The number of aryl methyl sites for hydroxylation is 1. The molecule has 3 N–H and O–H groups in total. The summed E-state index contributed by atoms with van der Waals surface area (Å²) in [6.45, 7) is 2.22. The Bertz CT molecular complexity index is 1210. The van der Waals surface area contributed by atoms with Gasteiger partial charge in [-0.2, -0.15) is 5.10 Å². The van der Waals surface area contributed by atoms with Crippen molar-refractivity contribution in [2.45, 2.75) is 38.6 Å². The Labute approximate surface area is 157 Å². The van der Waals surface area contributed by atoms with Crippen molar-refractivity contribution in [2.24, 2.45) is 0 Å². The van der Waals surface area contributed by atoms with Crippen LogP contribution in [0.2, 0.25) is 0 Å². The number of fused-ring (bicyclic) bond motifs is 6. The Morgan fingerprint density at radius 2 is 1.93 bits per heavy atom. The van der Waals surface area contributed by atoms with E-state index in [4.69, 9.17) is 4.98 Å². The van der Waals surface area contributed by atoms with Crippen molar-refractivity contribution >= 4 is 27.5 Å². The van der Waals surface area contributed by atoms with Crippen LogP contribution in [0.1, 0.15) is 42.5 Å². The standard InChI is InChI=1S/C22H21N5/c1-12-20-19(27-25-12)9-8-18-21(20)15-4-2-3-5-16(15)22(24-18)13-6-7-17-14(10-13)11-23-26-17/h6-12,25,27H,2-5H2,1H3,(H,23,26). The fourth-order valence-corrected chi connectivity index (χ4v) is 4.79. The van der Waals surface area contributed by atoms with Crippen LogP contribution in [-0.2, 0) is 12.8 Å². The van der Waals surface area contributed by atoms with Gasteiger partial charge < -0.3 is 5.43 Å². The Morgan fingerprint density at radius 3 is 2.85 bits per heavy atom. The van der Waals surface area contributed by atoms with Crippen molar-refractivity contribution in [1.82, 2.24) is 20.6 Å². The number of hydrogen-bond acceptors (Lipinski definition) is 4. The second kappa shape index (κ2) is 5.54. The molecule has 0 saturated carbocycles.